The van der Waals surface area contributed by atoms with E-state index >= 15 is 0 Å². The van der Waals surface area contributed by atoms with Gasteiger partial charge in [0.2, 0.25) is 0 Å². The summed E-state index contributed by atoms with van der Waals surface area (Å²) in [4.78, 5) is 12.8. The number of nitrogens with one attached hydrogen (secondary N) is 2. The molecule has 1 aromatic rings. The zero-order chi connectivity index (χ0) is 11.9. The minimum absolute atomic E-state index is 0.144. The molecule has 1 aliphatic heterocycles. The van der Waals surface area contributed by atoms with Gasteiger partial charge in [0.15, 0.2) is 0 Å². The highest BCUT2D eigenvalue weighted by Gasteiger charge is 2.33. The first kappa shape index (κ1) is 11.2. The lowest BCUT2D eigenvalue weighted by atomic mass is 10.1. The molecule has 0 saturated carbocycles. The van der Waals surface area contributed by atoms with Crippen molar-refractivity contribution in [1.82, 2.24) is 10.2 Å². The summed E-state index contributed by atoms with van der Waals surface area (Å²) in [6.07, 6.45) is 0. The van der Waals surface area contributed by atoms with E-state index in [1.807, 2.05) is 0 Å². The normalized spacial score (nSPS) is 20.2. The summed E-state index contributed by atoms with van der Waals surface area (Å²) in [6.45, 7) is 0. The molecule has 1 saturated heterocycles. The van der Waals surface area contributed by atoms with E-state index in [1.54, 1.807) is 25.2 Å². The number of nitrogens with zero attached hydrogens (tertiary/aromatic N) is 1. The van der Waals surface area contributed by atoms with Crippen LogP contribution in [0.1, 0.15) is 11.6 Å². The number of urea groups is 1. The summed E-state index contributed by atoms with van der Waals surface area (Å²) in [5.74, 6) is 0.144. The summed E-state index contributed by atoms with van der Waals surface area (Å²) in [5, 5.41) is 11.0. The molecule has 4 nitrogen and oxygen atoms in total. The van der Waals surface area contributed by atoms with Gasteiger partial charge in [0.25, 0.3) is 0 Å². The van der Waals surface area contributed by atoms with Gasteiger partial charge in [-0.2, -0.15) is 0 Å². The van der Waals surface area contributed by atoms with Gasteiger partial charge < -0.3 is 4.90 Å². The third kappa shape index (κ3) is 1.74. The number of hydrogen-bond acceptors (Lipinski definition) is 2. The Morgan fingerprint density at radius 3 is 2.56 bits per heavy atom. The van der Waals surface area contributed by atoms with Crippen molar-refractivity contribution in [2.24, 2.45) is 0 Å². The van der Waals surface area contributed by atoms with Crippen molar-refractivity contribution in [2.45, 2.75) is 6.04 Å². The van der Waals surface area contributed by atoms with Crippen molar-refractivity contribution in [1.29, 1.82) is 5.41 Å². The summed E-state index contributed by atoms with van der Waals surface area (Å²) in [7, 11) is 1.63. The lowest BCUT2D eigenvalue weighted by molar-refractivity contribution is 0.217. The van der Waals surface area contributed by atoms with Crippen molar-refractivity contribution in [3.8, 4) is 0 Å². The Hall–Kier alpha value is -1.26. The van der Waals surface area contributed by atoms with E-state index < -0.39 is 6.04 Å². The number of hydrogen-bond donors (Lipinski definition) is 2. The molecule has 0 aliphatic carbocycles. The fourth-order valence-electron chi connectivity index (χ4n) is 1.66. The van der Waals surface area contributed by atoms with Crippen molar-refractivity contribution < 1.29 is 4.79 Å². The van der Waals surface area contributed by atoms with Crippen LogP contribution in [0.15, 0.2) is 18.2 Å². The topological polar surface area (TPSA) is 56.2 Å². The molecule has 1 aromatic carbocycles. The predicted molar refractivity (Wildman–Crippen MR) is 63.2 cm³/mol. The minimum Gasteiger partial charge on any atom is -0.313 e. The number of halogens is 2. The second-order valence-corrected chi connectivity index (χ2v) is 4.35. The Morgan fingerprint density at radius 1 is 1.38 bits per heavy atom. The van der Waals surface area contributed by atoms with Crippen LogP contribution in [0.3, 0.4) is 0 Å². The van der Waals surface area contributed by atoms with Gasteiger partial charge in [-0.25, -0.2) is 4.79 Å². The first-order valence-corrected chi connectivity index (χ1v) is 5.33. The fourth-order valence-corrected chi connectivity index (χ4v) is 1.96. The molecule has 16 heavy (non-hydrogen) atoms. The molecule has 0 radical (unpaired) electrons. The van der Waals surface area contributed by atoms with Crippen molar-refractivity contribution in [3.05, 3.63) is 33.8 Å². The molecule has 1 heterocycles. The van der Waals surface area contributed by atoms with Crippen LogP contribution < -0.4 is 5.32 Å². The largest absolute Gasteiger partial charge is 0.323 e. The molecule has 1 fully saturated rings. The molecule has 1 atom stereocenters. The zero-order valence-corrected chi connectivity index (χ0v) is 9.93. The lowest BCUT2D eigenvalue weighted by Gasteiger charge is -2.18. The van der Waals surface area contributed by atoms with E-state index in [0.717, 1.165) is 5.56 Å². The minimum atomic E-state index is -0.415. The Labute approximate surface area is 103 Å². The highest BCUT2D eigenvalue weighted by molar-refractivity contribution is 6.42. The third-order valence-corrected chi connectivity index (χ3v) is 3.22. The Morgan fingerprint density at radius 2 is 2.06 bits per heavy atom. The van der Waals surface area contributed by atoms with Gasteiger partial charge in [0.05, 0.1) is 10.0 Å². The molecular weight excluding hydrogens is 249 g/mol. The third-order valence-electron chi connectivity index (χ3n) is 2.48. The highest BCUT2D eigenvalue weighted by atomic mass is 35.5. The molecule has 0 bridgehead atoms. The molecular formula is C10H9Cl2N3O. The van der Waals surface area contributed by atoms with Gasteiger partial charge in [-0.3, -0.25) is 10.7 Å². The predicted octanol–water partition coefficient (Wildman–Crippen LogP) is 2.67. The summed E-state index contributed by atoms with van der Waals surface area (Å²) in [5.41, 5.74) is 0.764. The van der Waals surface area contributed by atoms with Gasteiger partial charge in [0, 0.05) is 7.05 Å². The first-order chi connectivity index (χ1) is 7.50. The number of rotatable bonds is 1. The van der Waals surface area contributed by atoms with Crippen LogP contribution in [0.25, 0.3) is 0 Å². The van der Waals surface area contributed by atoms with E-state index in [2.05, 4.69) is 5.32 Å². The summed E-state index contributed by atoms with van der Waals surface area (Å²) >= 11 is 11.7. The van der Waals surface area contributed by atoms with Crippen LogP contribution in [-0.4, -0.2) is 23.8 Å². The molecule has 84 valence electrons. The molecule has 2 amide bonds. The monoisotopic (exact) mass is 257 g/mol. The maximum atomic E-state index is 11.3. The Kier molecular flexibility index (Phi) is 2.78. The lowest BCUT2D eigenvalue weighted by Crippen LogP contribution is -2.25. The highest BCUT2D eigenvalue weighted by Crippen LogP contribution is 2.29. The second kappa shape index (κ2) is 3.96. The van der Waals surface area contributed by atoms with Crippen LogP contribution >= 0.6 is 23.2 Å². The maximum absolute atomic E-state index is 11.3. The molecule has 1 aliphatic rings. The molecule has 0 aromatic heterocycles. The SMILES string of the molecule is CN1C(=O)NC(=N)C1c1ccc(Cl)c(Cl)c1. The Balaban J connectivity index is 2.40. The number of likely N-dealkylation sites (N-methyl/N-ethyl adjacent to an activating group) is 1. The Bertz CT molecular complexity index is 475. The molecule has 2 N–H and O–H groups in total. The van der Waals surface area contributed by atoms with Gasteiger partial charge in [0.1, 0.15) is 11.9 Å². The van der Waals surface area contributed by atoms with E-state index in [4.69, 9.17) is 28.6 Å². The maximum Gasteiger partial charge on any atom is 0.323 e. The van der Waals surface area contributed by atoms with Gasteiger partial charge in [-0.1, -0.05) is 29.3 Å². The van der Waals surface area contributed by atoms with Gasteiger partial charge in [-0.15, -0.1) is 0 Å². The quantitative estimate of drug-likeness (QED) is 0.799. The number of benzene rings is 1. The molecule has 2 rings (SSSR count). The van der Waals surface area contributed by atoms with E-state index in [1.165, 1.54) is 4.90 Å². The first-order valence-electron chi connectivity index (χ1n) is 4.58. The van der Waals surface area contributed by atoms with E-state index in [0.29, 0.717) is 10.0 Å². The van der Waals surface area contributed by atoms with Crippen molar-refractivity contribution in [3.63, 3.8) is 0 Å². The number of amides is 2. The second-order valence-electron chi connectivity index (χ2n) is 3.53. The van der Waals surface area contributed by atoms with Crippen LogP contribution in [-0.2, 0) is 0 Å². The van der Waals surface area contributed by atoms with Crippen LogP contribution in [0.5, 0.6) is 0 Å². The number of carbonyl (C=O) groups excluding carboxylic acids is 1. The van der Waals surface area contributed by atoms with Gasteiger partial charge in [-0.05, 0) is 17.7 Å². The standard InChI is InChI=1S/C10H9Cl2N3O/c1-15-8(9(13)14-10(15)16)5-2-3-6(11)7(12)4-5/h2-4,8H,1H3,(H2,13,14,16). The number of carbonyl (C=O) groups is 1. The molecule has 0 spiro atoms. The van der Waals surface area contributed by atoms with Crippen LogP contribution in [0.4, 0.5) is 4.79 Å². The van der Waals surface area contributed by atoms with E-state index in [-0.39, 0.29) is 11.9 Å². The molecule has 6 heteroatoms. The summed E-state index contributed by atoms with van der Waals surface area (Å²) in [6, 6.07) is 4.37. The zero-order valence-electron chi connectivity index (χ0n) is 8.42. The number of amidine groups is 1. The fraction of sp³-hybridized carbons (Fsp3) is 0.200. The average molecular weight is 258 g/mol. The molecule has 1 unspecified atom stereocenters. The smallest absolute Gasteiger partial charge is 0.313 e. The van der Waals surface area contributed by atoms with Crippen molar-refractivity contribution >= 4 is 35.1 Å². The van der Waals surface area contributed by atoms with E-state index in [9.17, 15) is 4.79 Å². The van der Waals surface area contributed by atoms with Crippen molar-refractivity contribution in [2.75, 3.05) is 7.05 Å². The van der Waals surface area contributed by atoms with Crippen LogP contribution in [0, 0.1) is 5.41 Å². The average Bonchev–Trinajstić information content (AvgIpc) is 2.47. The van der Waals surface area contributed by atoms with Crippen LogP contribution in [0.2, 0.25) is 10.0 Å². The summed E-state index contributed by atoms with van der Waals surface area (Å²) < 4.78 is 0. The van der Waals surface area contributed by atoms with Gasteiger partial charge >= 0.3 is 6.03 Å².